The number of methoxy groups -OCH3 is 1. The molecule has 1 aromatic carbocycles. The molecule has 18 heavy (non-hydrogen) atoms. The highest BCUT2D eigenvalue weighted by Gasteiger charge is 2.25. The van der Waals surface area contributed by atoms with Crippen molar-refractivity contribution in [1.82, 2.24) is 0 Å². The number of thioether (sulfide) groups is 1. The normalized spacial score (nSPS) is 18.3. The zero-order chi connectivity index (χ0) is 13.1. The molecule has 0 N–H and O–H groups in total. The molecule has 0 saturated carbocycles. The number of hydrogen-bond donors (Lipinski definition) is 0. The van der Waals surface area contributed by atoms with E-state index in [2.05, 4.69) is 0 Å². The number of fused-ring (bicyclic) bond motifs is 1. The van der Waals surface area contributed by atoms with Gasteiger partial charge < -0.3 is 9.47 Å². The number of rotatable bonds is 3. The van der Waals surface area contributed by atoms with Crippen LogP contribution in [0.3, 0.4) is 0 Å². The van der Waals surface area contributed by atoms with Gasteiger partial charge >= 0.3 is 5.97 Å². The summed E-state index contributed by atoms with van der Waals surface area (Å²) in [4.78, 5) is 12.8. The molecule has 2 rings (SSSR count). The topological polar surface area (TPSA) is 35.5 Å². The number of benzene rings is 1. The van der Waals surface area contributed by atoms with Crippen molar-refractivity contribution >= 4 is 17.7 Å². The molecule has 98 valence electrons. The van der Waals surface area contributed by atoms with E-state index < -0.39 is 0 Å². The Labute approximate surface area is 112 Å². The van der Waals surface area contributed by atoms with Gasteiger partial charge in [-0.05, 0) is 37.5 Å². The van der Waals surface area contributed by atoms with Crippen molar-refractivity contribution in [1.29, 1.82) is 0 Å². The van der Waals surface area contributed by atoms with Gasteiger partial charge in [0, 0.05) is 17.3 Å². The van der Waals surface area contributed by atoms with Crippen molar-refractivity contribution < 1.29 is 14.3 Å². The Morgan fingerprint density at radius 1 is 1.50 bits per heavy atom. The highest BCUT2D eigenvalue weighted by atomic mass is 32.2. The van der Waals surface area contributed by atoms with E-state index in [9.17, 15) is 4.79 Å². The molecular formula is C14H18O3S. The van der Waals surface area contributed by atoms with Crippen LogP contribution in [0, 0.1) is 6.92 Å². The van der Waals surface area contributed by atoms with E-state index in [1.54, 1.807) is 11.8 Å². The maximum atomic E-state index is 11.7. The summed E-state index contributed by atoms with van der Waals surface area (Å²) in [5.74, 6) is 0.762. The molecule has 4 heteroatoms. The first-order valence-electron chi connectivity index (χ1n) is 6.15. The SMILES string of the molecule is CCOC1CCSc2c1ccc(C(=O)OC)c2C. The Morgan fingerprint density at radius 3 is 2.94 bits per heavy atom. The molecule has 0 saturated heterocycles. The lowest BCUT2D eigenvalue weighted by atomic mass is 9.99. The van der Waals surface area contributed by atoms with Crippen molar-refractivity contribution in [3.63, 3.8) is 0 Å². The summed E-state index contributed by atoms with van der Waals surface area (Å²) in [7, 11) is 1.41. The van der Waals surface area contributed by atoms with Gasteiger partial charge in [0.15, 0.2) is 0 Å². The number of hydrogen-bond acceptors (Lipinski definition) is 4. The van der Waals surface area contributed by atoms with Gasteiger partial charge in [0.05, 0.1) is 18.8 Å². The molecule has 0 aliphatic carbocycles. The smallest absolute Gasteiger partial charge is 0.338 e. The summed E-state index contributed by atoms with van der Waals surface area (Å²) >= 11 is 1.80. The summed E-state index contributed by atoms with van der Waals surface area (Å²) in [5, 5.41) is 0. The minimum Gasteiger partial charge on any atom is -0.465 e. The van der Waals surface area contributed by atoms with Crippen LogP contribution in [-0.4, -0.2) is 25.4 Å². The molecule has 3 nitrogen and oxygen atoms in total. The van der Waals surface area contributed by atoms with Crippen LogP contribution in [0.25, 0.3) is 0 Å². The maximum Gasteiger partial charge on any atom is 0.338 e. The monoisotopic (exact) mass is 266 g/mol. The van der Waals surface area contributed by atoms with Gasteiger partial charge in [-0.1, -0.05) is 6.07 Å². The van der Waals surface area contributed by atoms with Crippen LogP contribution in [-0.2, 0) is 9.47 Å². The Balaban J connectivity index is 2.42. The average molecular weight is 266 g/mol. The van der Waals surface area contributed by atoms with E-state index in [1.807, 2.05) is 26.0 Å². The van der Waals surface area contributed by atoms with Gasteiger partial charge in [0.25, 0.3) is 0 Å². The molecule has 1 aliphatic heterocycles. The molecule has 1 heterocycles. The Kier molecular flexibility index (Phi) is 4.30. The van der Waals surface area contributed by atoms with Crippen LogP contribution >= 0.6 is 11.8 Å². The molecule has 0 aromatic heterocycles. The van der Waals surface area contributed by atoms with Crippen molar-refractivity contribution in [3.05, 3.63) is 28.8 Å². The van der Waals surface area contributed by atoms with Crippen LogP contribution < -0.4 is 0 Å². The van der Waals surface area contributed by atoms with E-state index in [4.69, 9.17) is 9.47 Å². The minimum atomic E-state index is -0.269. The van der Waals surface area contributed by atoms with Crippen LogP contribution in [0.15, 0.2) is 17.0 Å². The fourth-order valence-electron chi connectivity index (χ4n) is 2.29. The van der Waals surface area contributed by atoms with Gasteiger partial charge in [0.1, 0.15) is 0 Å². The third-order valence-electron chi connectivity index (χ3n) is 3.18. The zero-order valence-electron chi connectivity index (χ0n) is 11.0. The first kappa shape index (κ1) is 13.4. The standard InChI is InChI=1S/C14H18O3S/c1-4-17-12-7-8-18-13-9(2)10(14(15)16-3)5-6-11(12)13/h5-6,12H,4,7-8H2,1-3H3. The summed E-state index contributed by atoms with van der Waals surface area (Å²) in [6, 6.07) is 3.85. The number of ether oxygens (including phenoxy) is 2. The number of esters is 1. The Morgan fingerprint density at radius 2 is 2.28 bits per heavy atom. The van der Waals surface area contributed by atoms with Crippen molar-refractivity contribution in [2.24, 2.45) is 0 Å². The second-order valence-electron chi connectivity index (χ2n) is 4.23. The largest absolute Gasteiger partial charge is 0.465 e. The van der Waals surface area contributed by atoms with Crippen LogP contribution in [0.1, 0.15) is 40.9 Å². The third-order valence-corrected chi connectivity index (χ3v) is 4.45. The third kappa shape index (κ3) is 2.40. The molecule has 1 aliphatic rings. The zero-order valence-corrected chi connectivity index (χ0v) is 11.8. The lowest BCUT2D eigenvalue weighted by molar-refractivity contribution is 0.0565. The molecule has 1 atom stereocenters. The fraction of sp³-hybridized carbons (Fsp3) is 0.500. The number of carbonyl (C=O) groups is 1. The van der Waals surface area contributed by atoms with Gasteiger partial charge in [0.2, 0.25) is 0 Å². The van der Waals surface area contributed by atoms with Crippen LogP contribution in [0.2, 0.25) is 0 Å². The highest BCUT2D eigenvalue weighted by molar-refractivity contribution is 7.99. The predicted molar refractivity (Wildman–Crippen MR) is 72.2 cm³/mol. The quantitative estimate of drug-likeness (QED) is 0.786. The molecule has 0 fully saturated rings. The maximum absolute atomic E-state index is 11.7. The van der Waals surface area contributed by atoms with Crippen molar-refractivity contribution in [3.8, 4) is 0 Å². The minimum absolute atomic E-state index is 0.164. The van der Waals surface area contributed by atoms with E-state index in [0.29, 0.717) is 12.2 Å². The summed E-state index contributed by atoms with van der Waals surface area (Å²) in [6.07, 6.45) is 1.19. The van der Waals surface area contributed by atoms with E-state index in [1.165, 1.54) is 17.6 Å². The van der Waals surface area contributed by atoms with Crippen molar-refractivity contribution in [2.75, 3.05) is 19.5 Å². The molecule has 0 radical (unpaired) electrons. The van der Waals surface area contributed by atoms with Gasteiger partial charge in [-0.15, -0.1) is 11.8 Å². The molecule has 1 unspecified atom stereocenters. The number of carbonyl (C=O) groups excluding carboxylic acids is 1. The average Bonchev–Trinajstić information content (AvgIpc) is 2.39. The molecular weight excluding hydrogens is 248 g/mol. The second-order valence-corrected chi connectivity index (χ2v) is 5.33. The molecule has 1 aromatic rings. The molecule has 0 amide bonds. The highest BCUT2D eigenvalue weighted by Crippen LogP contribution is 2.41. The second kappa shape index (κ2) is 5.76. The first-order valence-corrected chi connectivity index (χ1v) is 7.13. The molecule has 0 spiro atoms. The molecule has 0 bridgehead atoms. The summed E-state index contributed by atoms with van der Waals surface area (Å²) in [5.41, 5.74) is 2.87. The van der Waals surface area contributed by atoms with E-state index >= 15 is 0 Å². The lowest BCUT2D eigenvalue weighted by Crippen LogP contribution is -2.14. The van der Waals surface area contributed by atoms with Crippen LogP contribution in [0.5, 0.6) is 0 Å². The lowest BCUT2D eigenvalue weighted by Gasteiger charge is -2.26. The van der Waals surface area contributed by atoms with Gasteiger partial charge in [-0.3, -0.25) is 0 Å². The first-order chi connectivity index (χ1) is 8.69. The van der Waals surface area contributed by atoms with E-state index in [0.717, 1.165) is 17.7 Å². The fourth-order valence-corrected chi connectivity index (χ4v) is 3.52. The summed E-state index contributed by atoms with van der Waals surface area (Å²) < 4.78 is 10.6. The predicted octanol–water partition coefficient (Wildman–Crippen LogP) is 3.36. The summed E-state index contributed by atoms with van der Waals surface area (Å²) in [6.45, 7) is 4.70. The van der Waals surface area contributed by atoms with Gasteiger partial charge in [-0.25, -0.2) is 4.79 Å². The van der Waals surface area contributed by atoms with Gasteiger partial charge in [-0.2, -0.15) is 0 Å². The Hall–Kier alpha value is -1.00. The van der Waals surface area contributed by atoms with Crippen LogP contribution in [0.4, 0.5) is 0 Å². The van der Waals surface area contributed by atoms with E-state index in [-0.39, 0.29) is 12.1 Å². The Bertz CT molecular complexity index is 457. The van der Waals surface area contributed by atoms with Crippen molar-refractivity contribution in [2.45, 2.75) is 31.3 Å².